The Morgan fingerprint density at radius 3 is 1.82 bits per heavy atom. The van der Waals surface area contributed by atoms with Crippen LogP contribution in [0.4, 0.5) is 0 Å². The van der Waals surface area contributed by atoms with Gasteiger partial charge in [0.05, 0.1) is 16.4 Å². The Labute approximate surface area is 274 Å². The van der Waals surface area contributed by atoms with Crippen LogP contribution in [0.3, 0.4) is 0 Å². The van der Waals surface area contributed by atoms with Crippen LogP contribution >= 0.6 is 0 Å². The second kappa shape index (κ2) is 16.3. The Hall–Kier alpha value is -2.66. The van der Waals surface area contributed by atoms with Crippen molar-refractivity contribution in [2.45, 2.75) is 159 Å². The van der Waals surface area contributed by atoms with Crippen molar-refractivity contribution >= 4 is 11.9 Å². The molecular formula is C40H62O5. The van der Waals surface area contributed by atoms with Gasteiger partial charge in [-0.05, 0) is 164 Å². The highest BCUT2D eigenvalue weighted by atomic mass is 16.5. The van der Waals surface area contributed by atoms with Gasteiger partial charge in [0, 0.05) is 5.56 Å². The Balaban J connectivity index is 2.18. The molecule has 1 atom stereocenters. The molecule has 5 heteroatoms. The van der Waals surface area contributed by atoms with E-state index in [9.17, 15) is 14.7 Å². The van der Waals surface area contributed by atoms with E-state index in [1.54, 1.807) is 0 Å². The smallest absolute Gasteiger partial charge is 0.317 e. The van der Waals surface area contributed by atoms with Crippen LogP contribution in [0.2, 0.25) is 0 Å². The first-order chi connectivity index (χ1) is 20.8. The van der Waals surface area contributed by atoms with E-state index in [4.69, 9.17) is 9.47 Å². The maximum atomic E-state index is 13.3. The normalized spacial score (nSPS) is 16.5. The SMILES string of the molecule is CC(C)=CCC/C(C)=C/CC/C(C)=C/CCC(C)(O)CCc1c(C)c(OC(=O)C(C)(C)C)c(C)c(C)c1OC(=O)C1(C)CCC1. The van der Waals surface area contributed by atoms with Gasteiger partial charge in [0.1, 0.15) is 11.5 Å². The first-order valence-corrected chi connectivity index (χ1v) is 17.0. The fraction of sp³-hybridized carbons (Fsp3) is 0.650. The average molecular weight is 623 g/mol. The van der Waals surface area contributed by atoms with Gasteiger partial charge in [-0.15, -0.1) is 0 Å². The number of benzene rings is 1. The summed E-state index contributed by atoms with van der Waals surface area (Å²) in [6.07, 6.45) is 16.3. The monoisotopic (exact) mass is 622 g/mol. The molecule has 45 heavy (non-hydrogen) atoms. The van der Waals surface area contributed by atoms with Gasteiger partial charge in [-0.2, -0.15) is 0 Å². The number of hydrogen-bond donors (Lipinski definition) is 1. The van der Waals surface area contributed by atoms with Gasteiger partial charge in [0.25, 0.3) is 0 Å². The summed E-state index contributed by atoms with van der Waals surface area (Å²) < 4.78 is 12.1. The number of ether oxygens (including phenoxy) is 2. The molecule has 1 fully saturated rings. The van der Waals surface area contributed by atoms with Gasteiger partial charge in [0.2, 0.25) is 0 Å². The molecule has 0 spiro atoms. The molecule has 252 valence electrons. The lowest BCUT2D eigenvalue weighted by molar-refractivity contribution is -0.150. The minimum absolute atomic E-state index is 0.207. The third kappa shape index (κ3) is 11.6. The van der Waals surface area contributed by atoms with Crippen molar-refractivity contribution in [3.8, 4) is 11.5 Å². The summed E-state index contributed by atoms with van der Waals surface area (Å²) in [4.78, 5) is 26.2. The van der Waals surface area contributed by atoms with Crippen LogP contribution in [0, 0.1) is 31.6 Å². The quantitative estimate of drug-likeness (QED) is 0.120. The highest BCUT2D eigenvalue weighted by molar-refractivity contribution is 5.82. The Morgan fingerprint density at radius 2 is 1.31 bits per heavy atom. The van der Waals surface area contributed by atoms with Crippen LogP contribution in [0.25, 0.3) is 0 Å². The van der Waals surface area contributed by atoms with E-state index < -0.39 is 16.4 Å². The summed E-state index contributed by atoms with van der Waals surface area (Å²) in [5.41, 5.74) is 5.32. The first-order valence-electron chi connectivity index (χ1n) is 17.0. The first kappa shape index (κ1) is 38.5. The Kier molecular flexibility index (Phi) is 13.9. The fourth-order valence-corrected chi connectivity index (χ4v) is 5.61. The lowest BCUT2D eigenvalue weighted by atomic mass is 9.70. The predicted molar refractivity (Wildman–Crippen MR) is 187 cm³/mol. The molecule has 1 N–H and O–H groups in total. The topological polar surface area (TPSA) is 72.8 Å². The van der Waals surface area contributed by atoms with Crippen LogP contribution in [-0.2, 0) is 16.0 Å². The van der Waals surface area contributed by atoms with Crippen molar-refractivity contribution < 1.29 is 24.2 Å². The lowest BCUT2D eigenvalue weighted by Crippen LogP contribution is -2.38. The molecule has 5 nitrogen and oxygen atoms in total. The molecule has 0 radical (unpaired) electrons. The second-order valence-corrected chi connectivity index (χ2v) is 15.5. The van der Waals surface area contributed by atoms with Crippen LogP contribution in [-0.4, -0.2) is 22.6 Å². The van der Waals surface area contributed by atoms with E-state index in [0.717, 1.165) is 73.6 Å². The van der Waals surface area contributed by atoms with Gasteiger partial charge in [0.15, 0.2) is 0 Å². The van der Waals surface area contributed by atoms with Gasteiger partial charge < -0.3 is 14.6 Å². The summed E-state index contributed by atoms with van der Waals surface area (Å²) in [5.74, 6) is 0.557. The zero-order valence-electron chi connectivity index (χ0n) is 30.6. The molecule has 1 saturated carbocycles. The maximum Gasteiger partial charge on any atom is 0.317 e. The number of carbonyl (C=O) groups is 2. The highest BCUT2D eigenvalue weighted by Crippen LogP contribution is 2.45. The number of aliphatic hydroxyl groups is 1. The lowest BCUT2D eigenvalue weighted by Gasteiger charge is -2.36. The second-order valence-electron chi connectivity index (χ2n) is 15.5. The Morgan fingerprint density at radius 1 is 0.778 bits per heavy atom. The maximum absolute atomic E-state index is 13.3. The van der Waals surface area contributed by atoms with Crippen LogP contribution in [0.15, 0.2) is 34.9 Å². The predicted octanol–water partition coefficient (Wildman–Crippen LogP) is 10.5. The van der Waals surface area contributed by atoms with Crippen molar-refractivity contribution in [1.82, 2.24) is 0 Å². The molecule has 1 aromatic carbocycles. The average Bonchev–Trinajstić information content (AvgIpc) is 2.91. The molecule has 0 bridgehead atoms. The van der Waals surface area contributed by atoms with E-state index in [1.807, 2.05) is 55.4 Å². The fourth-order valence-electron chi connectivity index (χ4n) is 5.61. The van der Waals surface area contributed by atoms with Crippen LogP contribution in [0.5, 0.6) is 11.5 Å². The molecule has 2 rings (SSSR count). The number of rotatable bonds is 15. The standard InChI is InChI=1S/C40H62O5/c1-27(2)17-13-18-28(3)19-14-20-29(4)21-15-25-40(12,43)26-22-33-32(7)34(44-36(41)38(8,9)10)30(5)31(6)35(33)45-37(42)39(11)23-16-24-39/h17,19,21,43H,13-16,18,20,22-26H2,1-12H3/b28-19+,29-21+. The van der Waals surface area contributed by atoms with Crippen molar-refractivity contribution in [1.29, 1.82) is 0 Å². The molecule has 1 unspecified atom stereocenters. The summed E-state index contributed by atoms with van der Waals surface area (Å²) >= 11 is 0. The minimum Gasteiger partial charge on any atom is -0.426 e. The van der Waals surface area contributed by atoms with Crippen molar-refractivity contribution in [3.63, 3.8) is 0 Å². The third-order valence-electron chi connectivity index (χ3n) is 9.47. The van der Waals surface area contributed by atoms with Crippen molar-refractivity contribution in [2.75, 3.05) is 0 Å². The zero-order chi connectivity index (χ0) is 34.2. The van der Waals surface area contributed by atoms with E-state index >= 15 is 0 Å². The van der Waals surface area contributed by atoms with Gasteiger partial charge in [-0.25, -0.2) is 0 Å². The molecule has 0 aliphatic heterocycles. The van der Waals surface area contributed by atoms with Gasteiger partial charge in [-0.3, -0.25) is 9.59 Å². The molecule has 0 heterocycles. The van der Waals surface area contributed by atoms with Crippen LogP contribution < -0.4 is 9.47 Å². The van der Waals surface area contributed by atoms with E-state index in [1.165, 1.54) is 16.7 Å². The third-order valence-corrected chi connectivity index (χ3v) is 9.47. The van der Waals surface area contributed by atoms with Crippen LogP contribution in [0.1, 0.15) is 149 Å². The minimum atomic E-state index is -0.910. The van der Waals surface area contributed by atoms with E-state index in [2.05, 4.69) is 45.9 Å². The largest absolute Gasteiger partial charge is 0.426 e. The molecule has 0 aromatic heterocycles. The zero-order valence-corrected chi connectivity index (χ0v) is 30.6. The Bertz CT molecular complexity index is 1290. The molecular weight excluding hydrogens is 560 g/mol. The molecule has 0 saturated heterocycles. The van der Waals surface area contributed by atoms with Gasteiger partial charge >= 0.3 is 11.9 Å². The van der Waals surface area contributed by atoms with Crippen molar-refractivity contribution in [3.05, 3.63) is 57.2 Å². The number of carbonyl (C=O) groups excluding carboxylic acids is 2. The summed E-state index contributed by atoms with van der Waals surface area (Å²) in [7, 11) is 0. The van der Waals surface area contributed by atoms with E-state index in [-0.39, 0.29) is 11.9 Å². The van der Waals surface area contributed by atoms with E-state index in [0.29, 0.717) is 30.8 Å². The van der Waals surface area contributed by atoms with Gasteiger partial charge in [-0.1, -0.05) is 41.4 Å². The summed E-state index contributed by atoms with van der Waals surface area (Å²) in [5, 5.41) is 11.4. The van der Waals surface area contributed by atoms with Crippen molar-refractivity contribution in [2.24, 2.45) is 10.8 Å². The highest BCUT2D eigenvalue weighted by Gasteiger charge is 2.42. The molecule has 1 aliphatic rings. The summed E-state index contributed by atoms with van der Waals surface area (Å²) in [6.45, 7) is 23.8. The number of hydrogen-bond acceptors (Lipinski definition) is 5. The molecule has 1 aromatic rings. The number of esters is 2. The molecule has 1 aliphatic carbocycles. The molecule has 0 amide bonds. The summed E-state index contributed by atoms with van der Waals surface area (Å²) in [6, 6.07) is 0. The number of allylic oxidation sites excluding steroid dienone is 6.